The Kier molecular flexibility index (Phi) is 3.67. The number of aliphatic carboxylic acids is 1. The Morgan fingerprint density at radius 3 is 2.57 bits per heavy atom. The smallest absolute Gasteiger partial charge is 0.309 e. The second-order valence-corrected chi connectivity index (χ2v) is 2.66. The molecule has 0 saturated heterocycles. The lowest BCUT2D eigenvalue weighted by atomic mass is 10.1. The van der Waals surface area contributed by atoms with E-state index in [9.17, 15) is 4.79 Å². The second kappa shape index (κ2) is 5.01. The van der Waals surface area contributed by atoms with Crippen molar-refractivity contribution >= 4 is 11.7 Å². The highest BCUT2D eigenvalue weighted by molar-refractivity contribution is 6.08. The van der Waals surface area contributed by atoms with Crippen LogP contribution in [-0.2, 0) is 9.63 Å². The van der Waals surface area contributed by atoms with E-state index < -0.39 is 5.97 Å². The van der Waals surface area contributed by atoms with E-state index in [2.05, 4.69) is 9.99 Å². The zero-order valence-corrected chi connectivity index (χ0v) is 7.80. The number of hydrogen-bond acceptors (Lipinski definition) is 3. The minimum atomic E-state index is -0.926. The lowest BCUT2D eigenvalue weighted by Gasteiger charge is -2.01. The Balaban J connectivity index is 2.89. The summed E-state index contributed by atoms with van der Waals surface area (Å²) >= 11 is 0. The van der Waals surface area contributed by atoms with Gasteiger partial charge in [0.1, 0.15) is 7.11 Å². The topological polar surface area (TPSA) is 58.9 Å². The largest absolute Gasteiger partial charge is 0.481 e. The van der Waals surface area contributed by atoms with E-state index in [0.717, 1.165) is 5.56 Å². The van der Waals surface area contributed by atoms with Gasteiger partial charge >= 0.3 is 5.97 Å². The van der Waals surface area contributed by atoms with Crippen molar-refractivity contribution in [1.82, 2.24) is 0 Å². The maximum atomic E-state index is 10.5. The number of benzene rings is 1. The number of nitrogens with zero attached hydrogens (tertiary/aromatic N) is 1. The summed E-state index contributed by atoms with van der Waals surface area (Å²) < 4.78 is 0. The van der Waals surface area contributed by atoms with Crippen molar-refractivity contribution in [2.24, 2.45) is 5.16 Å². The molecule has 4 nitrogen and oxygen atoms in total. The minimum Gasteiger partial charge on any atom is -0.481 e. The summed E-state index contributed by atoms with van der Waals surface area (Å²) in [6.07, 6.45) is -0.141. The van der Waals surface area contributed by atoms with Crippen molar-refractivity contribution in [3.63, 3.8) is 0 Å². The molecule has 0 aliphatic heterocycles. The van der Waals surface area contributed by atoms with Crippen LogP contribution in [-0.4, -0.2) is 23.9 Å². The van der Waals surface area contributed by atoms with Crippen LogP contribution in [0, 0.1) is 0 Å². The van der Waals surface area contributed by atoms with Gasteiger partial charge in [-0.25, -0.2) is 0 Å². The molecule has 0 unspecified atom stereocenters. The molecule has 1 rings (SSSR count). The number of carboxylic acid groups (broad SMARTS) is 1. The fourth-order valence-corrected chi connectivity index (χ4v) is 1.07. The maximum absolute atomic E-state index is 10.5. The van der Waals surface area contributed by atoms with E-state index in [1.165, 1.54) is 7.11 Å². The Labute approximate surface area is 81.8 Å². The van der Waals surface area contributed by atoms with Gasteiger partial charge in [-0.15, -0.1) is 0 Å². The van der Waals surface area contributed by atoms with Crippen molar-refractivity contribution in [2.45, 2.75) is 6.42 Å². The third-order valence-corrected chi connectivity index (χ3v) is 1.63. The Morgan fingerprint density at radius 2 is 2.07 bits per heavy atom. The van der Waals surface area contributed by atoms with Crippen LogP contribution in [0.1, 0.15) is 12.0 Å². The molecule has 4 heteroatoms. The molecule has 0 heterocycles. The van der Waals surface area contributed by atoms with E-state index >= 15 is 0 Å². The predicted molar refractivity (Wildman–Crippen MR) is 52.2 cm³/mol. The SMILES string of the molecule is CON=C(CC(=O)O)c1ccccc1. The summed E-state index contributed by atoms with van der Waals surface area (Å²) in [6.45, 7) is 0. The van der Waals surface area contributed by atoms with E-state index in [-0.39, 0.29) is 6.42 Å². The van der Waals surface area contributed by atoms with Gasteiger partial charge in [-0.1, -0.05) is 35.5 Å². The van der Waals surface area contributed by atoms with Crippen molar-refractivity contribution in [2.75, 3.05) is 7.11 Å². The van der Waals surface area contributed by atoms with Gasteiger partial charge < -0.3 is 9.94 Å². The van der Waals surface area contributed by atoms with Crippen LogP contribution < -0.4 is 0 Å². The van der Waals surface area contributed by atoms with Gasteiger partial charge in [-0.3, -0.25) is 4.79 Å². The fourth-order valence-electron chi connectivity index (χ4n) is 1.07. The molecule has 0 saturated carbocycles. The van der Waals surface area contributed by atoms with Crippen LogP contribution in [0.4, 0.5) is 0 Å². The van der Waals surface area contributed by atoms with Crippen LogP contribution >= 0.6 is 0 Å². The summed E-state index contributed by atoms with van der Waals surface area (Å²) in [7, 11) is 1.39. The van der Waals surface area contributed by atoms with Crippen LogP contribution in [0.5, 0.6) is 0 Å². The molecule has 14 heavy (non-hydrogen) atoms. The van der Waals surface area contributed by atoms with Gasteiger partial charge in [0.05, 0.1) is 12.1 Å². The van der Waals surface area contributed by atoms with E-state index in [0.29, 0.717) is 5.71 Å². The number of oxime groups is 1. The molecule has 0 atom stereocenters. The molecule has 0 spiro atoms. The molecular formula is C10H11NO3. The number of carboxylic acids is 1. The number of rotatable bonds is 4. The molecule has 0 radical (unpaired) electrons. The Morgan fingerprint density at radius 1 is 1.43 bits per heavy atom. The molecule has 0 bridgehead atoms. The fraction of sp³-hybridized carbons (Fsp3) is 0.200. The van der Waals surface area contributed by atoms with Crippen molar-refractivity contribution in [1.29, 1.82) is 0 Å². The summed E-state index contributed by atoms with van der Waals surface area (Å²) in [5.74, 6) is -0.926. The second-order valence-electron chi connectivity index (χ2n) is 2.66. The molecule has 0 amide bonds. The third kappa shape index (κ3) is 2.90. The van der Waals surface area contributed by atoms with Crippen molar-refractivity contribution in [3.05, 3.63) is 35.9 Å². The first kappa shape index (κ1) is 10.2. The van der Waals surface area contributed by atoms with Crippen LogP contribution in [0.2, 0.25) is 0 Å². The number of hydrogen-bond donors (Lipinski definition) is 1. The van der Waals surface area contributed by atoms with Crippen LogP contribution in [0.3, 0.4) is 0 Å². The van der Waals surface area contributed by atoms with Gasteiger partial charge in [0.15, 0.2) is 0 Å². The summed E-state index contributed by atoms with van der Waals surface area (Å²) in [5, 5.41) is 12.3. The summed E-state index contributed by atoms with van der Waals surface area (Å²) in [4.78, 5) is 15.1. The lowest BCUT2D eigenvalue weighted by Crippen LogP contribution is -2.08. The quantitative estimate of drug-likeness (QED) is 0.582. The molecule has 1 aromatic rings. The molecule has 0 fully saturated rings. The van der Waals surface area contributed by atoms with Gasteiger partial charge in [0, 0.05) is 0 Å². The first-order valence-corrected chi connectivity index (χ1v) is 4.11. The third-order valence-electron chi connectivity index (χ3n) is 1.63. The molecule has 1 N–H and O–H groups in total. The first-order chi connectivity index (χ1) is 6.74. The average molecular weight is 193 g/mol. The van der Waals surface area contributed by atoms with Crippen molar-refractivity contribution in [3.8, 4) is 0 Å². The minimum absolute atomic E-state index is 0.141. The van der Waals surface area contributed by atoms with Crippen LogP contribution in [0.25, 0.3) is 0 Å². The standard InChI is InChI=1S/C10H11NO3/c1-14-11-9(7-10(12)13)8-5-3-2-4-6-8/h2-6H,7H2,1H3,(H,12,13). The highest BCUT2D eigenvalue weighted by Crippen LogP contribution is 2.04. The highest BCUT2D eigenvalue weighted by Gasteiger charge is 2.08. The van der Waals surface area contributed by atoms with Gasteiger partial charge in [0.2, 0.25) is 0 Å². The molecule has 0 aliphatic carbocycles. The van der Waals surface area contributed by atoms with Gasteiger partial charge in [-0.2, -0.15) is 0 Å². The Bertz CT molecular complexity index is 332. The molecular weight excluding hydrogens is 182 g/mol. The zero-order chi connectivity index (χ0) is 10.4. The Hall–Kier alpha value is -1.84. The molecule has 0 aromatic heterocycles. The zero-order valence-electron chi connectivity index (χ0n) is 7.80. The molecule has 0 aliphatic rings. The molecule has 74 valence electrons. The van der Waals surface area contributed by atoms with Crippen LogP contribution in [0.15, 0.2) is 35.5 Å². The first-order valence-electron chi connectivity index (χ1n) is 4.11. The highest BCUT2D eigenvalue weighted by atomic mass is 16.6. The van der Waals surface area contributed by atoms with E-state index in [1.54, 1.807) is 12.1 Å². The summed E-state index contributed by atoms with van der Waals surface area (Å²) in [6, 6.07) is 9.08. The van der Waals surface area contributed by atoms with E-state index in [1.807, 2.05) is 18.2 Å². The van der Waals surface area contributed by atoms with E-state index in [4.69, 9.17) is 5.11 Å². The summed E-state index contributed by atoms with van der Waals surface area (Å²) in [5.41, 5.74) is 1.18. The predicted octanol–water partition coefficient (Wildman–Crippen LogP) is 1.51. The normalized spacial score (nSPS) is 11.1. The maximum Gasteiger partial charge on any atom is 0.309 e. The van der Waals surface area contributed by atoms with Gasteiger partial charge in [0.25, 0.3) is 0 Å². The van der Waals surface area contributed by atoms with Gasteiger partial charge in [-0.05, 0) is 5.56 Å². The number of carbonyl (C=O) groups is 1. The monoisotopic (exact) mass is 193 g/mol. The average Bonchev–Trinajstić information content (AvgIpc) is 2.18. The lowest BCUT2D eigenvalue weighted by molar-refractivity contribution is -0.135. The molecule has 1 aromatic carbocycles. The van der Waals surface area contributed by atoms with Crippen molar-refractivity contribution < 1.29 is 14.7 Å².